The number of benzene rings is 2. The van der Waals surface area contributed by atoms with E-state index in [2.05, 4.69) is 0 Å². The number of hydrogen-bond acceptors (Lipinski definition) is 5. The summed E-state index contributed by atoms with van der Waals surface area (Å²) >= 11 is 0. The molecule has 0 saturated carbocycles. The molecule has 0 fully saturated rings. The molecule has 0 radical (unpaired) electrons. The average Bonchev–Trinajstić information content (AvgIpc) is 2.53. The molecule has 2 aromatic carbocycles. The van der Waals surface area contributed by atoms with Gasteiger partial charge in [-0.1, -0.05) is 30.3 Å². The Balaban J connectivity index is 1.92. The summed E-state index contributed by atoms with van der Waals surface area (Å²) in [6.07, 6.45) is 0. The minimum Gasteiger partial charge on any atom is -0.467 e. The van der Waals surface area contributed by atoms with Gasteiger partial charge in [0.2, 0.25) is 0 Å². The van der Waals surface area contributed by atoms with Crippen LogP contribution < -0.4 is 10.5 Å². The van der Waals surface area contributed by atoms with E-state index in [1.165, 1.54) is 13.2 Å². The zero-order chi connectivity index (χ0) is 15.1. The van der Waals surface area contributed by atoms with Crippen molar-refractivity contribution in [2.45, 2.75) is 6.61 Å². The molecular weight excluding hydrogens is 270 g/mol. The predicted molar refractivity (Wildman–Crippen MR) is 78.9 cm³/mol. The molecule has 2 N–H and O–H groups in total. The lowest BCUT2D eigenvalue weighted by molar-refractivity contribution is 0.00415. The number of ether oxygens (including phenoxy) is 3. The summed E-state index contributed by atoms with van der Waals surface area (Å²) in [6.45, 7) is 0.464. The van der Waals surface area contributed by atoms with Gasteiger partial charge in [0.25, 0.3) is 0 Å². The minimum atomic E-state index is -0.500. The Bertz CT molecular complexity index is 598. The molecule has 0 unspecified atom stereocenters. The van der Waals surface area contributed by atoms with E-state index >= 15 is 0 Å². The first-order chi connectivity index (χ1) is 10.2. The highest BCUT2D eigenvalue weighted by molar-refractivity contribution is 5.93. The van der Waals surface area contributed by atoms with Gasteiger partial charge in [-0.25, -0.2) is 4.79 Å². The van der Waals surface area contributed by atoms with Gasteiger partial charge in [0.1, 0.15) is 11.3 Å². The van der Waals surface area contributed by atoms with Crippen LogP contribution in [0.2, 0.25) is 0 Å². The first-order valence-electron chi connectivity index (χ1n) is 6.43. The number of hydrogen-bond donors (Lipinski definition) is 1. The summed E-state index contributed by atoms with van der Waals surface area (Å²) in [5.41, 5.74) is 7.45. The number of esters is 1. The van der Waals surface area contributed by atoms with E-state index in [-0.39, 0.29) is 12.4 Å². The lowest BCUT2D eigenvalue weighted by atomic mass is 10.2. The van der Waals surface area contributed by atoms with E-state index in [1.54, 1.807) is 12.1 Å². The van der Waals surface area contributed by atoms with Crippen molar-refractivity contribution < 1.29 is 19.0 Å². The molecule has 5 nitrogen and oxygen atoms in total. The molecule has 0 aromatic heterocycles. The molecule has 21 heavy (non-hydrogen) atoms. The van der Waals surface area contributed by atoms with Crippen molar-refractivity contribution in [2.24, 2.45) is 0 Å². The van der Waals surface area contributed by atoms with E-state index < -0.39 is 5.97 Å². The van der Waals surface area contributed by atoms with Crippen LogP contribution in [0.4, 0.5) is 5.69 Å². The summed E-state index contributed by atoms with van der Waals surface area (Å²) in [5.74, 6) is -0.121. The lowest BCUT2D eigenvalue weighted by Gasteiger charge is -2.11. The van der Waals surface area contributed by atoms with Gasteiger partial charge in [0, 0.05) is 5.69 Å². The summed E-state index contributed by atoms with van der Waals surface area (Å²) in [7, 11) is 1.31. The third-order valence-electron chi connectivity index (χ3n) is 2.82. The Kier molecular flexibility index (Phi) is 5.17. The van der Waals surface area contributed by atoms with Crippen LogP contribution in [0.3, 0.4) is 0 Å². The topological polar surface area (TPSA) is 70.8 Å². The molecule has 0 heterocycles. The zero-order valence-electron chi connectivity index (χ0n) is 11.7. The molecule has 110 valence electrons. The number of methoxy groups -OCH3 is 1. The highest BCUT2D eigenvalue weighted by Gasteiger charge is 2.13. The van der Waals surface area contributed by atoms with E-state index in [0.29, 0.717) is 18.0 Å². The van der Waals surface area contributed by atoms with Gasteiger partial charge in [0.15, 0.2) is 6.79 Å². The quantitative estimate of drug-likeness (QED) is 0.383. The van der Waals surface area contributed by atoms with Gasteiger partial charge in [-0.2, -0.15) is 0 Å². The van der Waals surface area contributed by atoms with Crippen LogP contribution in [0.1, 0.15) is 15.9 Å². The maximum absolute atomic E-state index is 11.6. The molecule has 0 amide bonds. The van der Waals surface area contributed by atoms with Crippen LogP contribution in [-0.4, -0.2) is 19.9 Å². The standard InChI is InChI=1S/C16H17NO4/c1-19-16(18)14-9-13(17)7-8-15(14)21-11-20-10-12-5-3-2-4-6-12/h2-9H,10-11,17H2,1H3. The molecule has 0 atom stereocenters. The molecule has 0 aliphatic rings. The van der Waals surface area contributed by atoms with Crippen molar-refractivity contribution in [1.82, 2.24) is 0 Å². The average molecular weight is 287 g/mol. The highest BCUT2D eigenvalue weighted by atomic mass is 16.7. The second kappa shape index (κ2) is 7.31. The summed E-state index contributed by atoms with van der Waals surface area (Å²) in [6, 6.07) is 14.5. The number of carbonyl (C=O) groups excluding carboxylic acids is 1. The van der Waals surface area contributed by atoms with Crippen molar-refractivity contribution in [2.75, 3.05) is 19.6 Å². The molecule has 0 spiro atoms. The van der Waals surface area contributed by atoms with Crippen molar-refractivity contribution in [3.05, 3.63) is 59.7 Å². The van der Waals surface area contributed by atoms with Gasteiger partial charge in [-0.3, -0.25) is 0 Å². The summed E-state index contributed by atoms with van der Waals surface area (Å²) < 4.78 is 15.6. The fraction of sp³-hybridized carbons (Fsp3) is 0.188. The number of nitrogens with two attached hydrogens (primary N) is 1. The smallest absolute Gasteiger partial charge is 0.341 e. The van der Waals surface area contributed by atoms with E-state index in [4.69, 9.17) is 19.9 Å². The maximum Gasteiger partial charge on any atom is 0.341 e. The molecular formula is C16H17NO4. The number of carbonyl (C=O) groups is 1. The largest absolute Gasteiger partial charge is 0.467 e. The molecule has 0 aliphatic carbocycles. The second-order valence-electron chi connectivity index (χ2n) is 4.34. The maximum atomic E-state index is 11.6. The molecule has 0 saturated heterocycles. The molecule has 2 rings (SSSR count). The van der Waals surface area contributed by atoms with E-state index in [9.17, 15) is 4.79 Å². The fourth-order valence-corrected chi connectivity index (χ4v) is 1.78. The first kappa shape index (κ1) is 14.9. The zero-order valence-corrected chi connectivity index (χ0v) is 11.7. The van der Waals surface area contributed by atoms with Crippen LogP contribution in [0, 0.1) is 0 Å². The van der Waals surface area contributed by atoms with Gasteiger partial charge in [0.05, 0.1) is 13.7 Å². The Morgan fingerprint density at radius 1 is 1.14 bits per heavy atom. The predicted octanol–water partition coefficient (Wildman–Crippen LogP) is 2.61. The number of rotatable bonds is 6. The highest BCUT2D eigenvalue weighted by Crippen LogP contribution is 2.22. The number of nitrogen functional groups attached to an aromatic ring is 1. The third-order valence-corrected chi connectivity index (χ3v) is 2.82. The van der Waals surface area contributed by atoms with Crippen molar-refractivity contribution >= 4 is 11.7 Å². The van der Waals surface area contributed by atoms with Crippen LogP contribution >= 0.6 is 0 Å². The van der Waals surface area contributed by atoms with Crippen molar-refractivity contribution in [3.8, 4) is 5.75 Å². The van der Waals surface area contributed by atoms with Gasteiger partial charge < -0.3 is 19.9 Å². The summed E-state index contributed by atoms with van der Waals surface area (Å²) in [5, 5.41) is 0. The normalized spacial score (nSPS) is 10.1. The first-order valence-corrected chi connectivity index (χ1v) is 6.43. The molecule has 0 bridgehead atoms. The molecule has 2 aromatic rings. The Morgan fingerprint density at radius 3 is 2.62 bits per heavy atom. The van der Waals surface area contributed by atoms with Gasteiger partial charge in [-0.05, 0) is 23.8 Å². The molecule has 5 heteroatoms. The molecule has 0 aliphatic heterocycles. The van der Waals surface area contributed by atoms with Crippen molar-refractivity contribution in [3.63, 3.8) is 0 Å². The second-order valence-corrected chi connectivity index (χ2v) is 4.34. The van der Waals surface area contributed by atoms with Crippen LogP contribution in [0.5, 0.6) is 5.75 Å². The fourth-order valence-electron chi connectivity index (χ4n) is 1.78. The Labute approximate surface area is 123 Å². The monoisotopic (exact) mass is 287 g/mol. The van der Waals surface area contributed by atoms with E-state index in [0.717, 1.165) is 5.56 Å². The van der Waals surface area contributed by atoms with E-state index in [1.807, 2.05) is 30.3 Å². The third kappa shape index (κ3) is 4.22. The van der Waals surface area contributed by atoms with Gasteiger partial charge >= 0.3 is 5.97 Å². The van der Waals surface area contributed by atoms with Crippen LogP contribution in [0.15, 0.2) is 48.5 Å². The van der Waals surface area contributed by atoms with Crippen molar-refractivity contribution in [1.29, 1.82) is 0 Å². The Morgan fingerprint density at radius 2 is 1.90 bits per heavy atom. The summed E-state index contributed by atoms with van der Waals surface area (Å²) in [4.78, 5) is 11.6. The van der Waals surface area contributed by atoms with Crippen LogP contribution in [-0.2, 0) is 16.1 Å². The van der Waals surface area contributed by atoms with Gasteiger partial charge in [-0.15, -0.1) is 0 Å². The minimum absolute atomic E-state index is 0.0306. The lowest BCUT2D eigenvalue weighted by Crippen LogP contribution is -2.09. The Hall–Kier alpha value is -2.53. The van der Waals surface area contributed by atoms with Crippen LogP contribution in [0.25, 0.3) is 0 Å². The number of anilines is 1. The SMILES string of the molecule is COC(=O)c1cc(N)ccc1OCOCc1ccccc1.